The first kappa shape index (κ1) is 15.5. The largest absolute Gasteiger partial charge is 0.334 e. The Labute approximate surface area is 134 Å². The van der Waals surface area contributed by atoms with Gasteiger partial charge in [-0.15, -0.1) is 0 Å². The fraction of sp³-hybridized carbons (Fsp3) is 0.632. The SMILES string of the molecule is CC1CN(C)CC(C)N1C(=O)Cc1ccc2c(c1)CCCC2. The number of aryl methyl sites for hydroxylation is 2. The normalized spacial score (nSPS) is 25.9. The molecule has 2 unspecified atom stereocenters. The highest BCUT2D eigenvalue weighted by Crippen LogP contribution is 2.23. The molecule has 1 aromatic rings. The maximum absolute atomic E-state index is 12.8. The van der Waals surface area contributed by atoms with E-state index in [-0.39, 0.29) is 5.91 Å². The molecule has 0 saturated carbocycles. The first-order chi connectivity index (χ1) is 10.5. The quantitative estimate of drug-likeness (QED) is 0.838. The van der Waals surface area contributed by atoms with Crippen molar-refractivity contribution in [2.75, 3.05) is 20.1 Å². The minimum Gasteiger partial charge on any atom is -0.334 e. The summed E-state index contributed by atoms with van der Waals surface area (Å²) in [7, 11) is 2.14. The first-order valence-electron chi connectivity index (χ1n) is 8.65. The van der Waals surface area contributed by atoms with Gasteiger partial charge in [-0.25, -0.2) is 0 Å². The molecule has 1 aromatic carbocycles. The predicted molar refractivity (Wildman–Crippen MR) is 90.1 cm³/mol. The molecule has 1 aliphatic carbocycles. The van der Waals surface area contributed by atoms with Crippen molar-refractivity contribution in [2.45, 2.75) is 58.0 Å². The van der Waals surface area contributed by atoms with Crippen LogP contribution in [0.2, 0.25) is 0 Å². The van der Waals surface area contributed by atoms with Crippen molar-refractivity contribution in [2.24, 2.45) is 0 Å². The smallest absolute Gasteiger partial charge is 0.227 e. The molecule has 3 heteroatoms. The van der Waals surface area contributed by atoms with Crippen molar-refractivity contribution < 1.29 is 4.79 Å². The second-order valence-corrected chi connectivity index (χ2v) is 7.21. The number of piperazine rings is 1. The van der Waals surface area contributed by atoms with Crippen molar-refractivity contribution in [1.82, 2.24) is 9.80 Å². The van der Waals surface area contributed by atoms with Crippen LogP contribution in [0.5, 0.6) is 0 Å². The van der Waals surface area contributed by atoms with Gasteiger partial charge in [-0.3, -0.25) is 4.79 Å². The zero-order valence-electron chi connectivity index (χ0n) is 14.1. The van der Waals surface area contributed by atoms with Gasteiger partial charge in [0, 0.05) is 25.2 Å². The Morgan fingerprint density at radius 3 is 2.41 bits per heavy atom. The summed E-state index contributed by atoms with van der Waals surface area (Å²) in [6.07, 6.45) is 5.53. The van der Waals surface area contributed by atoms with Crippen LogP contribution in [0.25, 0.3) is 0 Å². The molecule has 1 aliphatic heterocycles. The third-order valence-corrected chi connectivity index (χ3v) is 5.16. The number of hydrogen-bond donors (Lipinski definition) is 0. The van der Waals surface area contributed by atoms with Gasteiger partial charge in [-0.1, -0.05) is 18.2 Å². The van der Waals surface area contributed by atoms with Crippen LogP contribution in [0.3, 0.4) is 0 Å². The molecule has 0 N–H and O–H groups in total. The molecule has 120 valence electrons. The van der Waals surface area contributed by atoms with Gasteiger partial charge >= 0.3 is 0 Å². The molecule has 3 rings (SSSR count). The summed E-state index contributed by atoms with van der Waals surface area (Å²) >= 11 is 0. The fourth-order valence-electron chi connectivity index (χ4n) is 4.24. The van der Waals surface area contributed by atoms with E-state index in [0.29, 0.717) is 18.5 Å². The fourth-order valence-corrected chi connectivity index (χ4v) is 4.24. The van der Waals surface area contributed by atoms with E-state index < -0.39 is 0 Å². The summed E-state index contributed by atoms with van der Waals surface area (Å²) < 4.78 is 0. The average molecular weight is 300 g/mol. The monoisotopic (exact) mass is 300 g/mol. The number of carbonyl (C=O) groups excluding carboxylic acids is 1. The highest BCUT2D eigenvalue weighted by Gasteiger charge is 2.31. The molecule has 0 radical (unpaired) electrons. The minimum atomic E-state index is 0.281. The number of likely N-dealkylation sites (N-methyl/N-ethyl adjacent to an activating group) is 1. The van der Waals surface area contributed by atoms with Crippen molar-refractivity contribution in [3.63, 3.8) is 0 Å². The zero-order valence-corrected chi connectivity index (χ0v) is 14.1. The molecular formula is C19H28N2O. The van der Waals surface area contributed by atoms with E-state index in [9.17, 15) is 4.79 Å². The van der Waals surface area contributed by atoms with E-state index in [0.717, 1.165) is 13.1 Å². The van der Waals surface area contributed by atoms with Gasteiger partial charge in [0.2, 0.25) is 5.91 Å². The van der Waals surface area contributed by atoms with Gasteiger partial charge in [-0.05, 0) is 63.3 Å². The van der Waals surface area contributed by atoms with Crippen molar-refractivity contribution >= 4 is 5.91 Å². The Kier molecular flexibility index (Phi) is 4.53. The lowest BCUT2D eigenvalue weighted by Gasteiger charge is -2.43. The van der Waals surface area contributed by atoms with Crippen LogP contribution >= 0.6 is 0 Å². The Morgan fingerprint density at radius 1 is 1.09 bits per heavy atom. The van der Waals surface area contributed by atoms with Crippen LogP contribution in [0.1, 0.15) is 43.4 Å². The molecule has 3 nitrogen and oxygen atoms in total. The predicted octanol–water partition coefficient (Wildman–Crippen LogP) is 2.66. The summed E-state index contributed by atoms with van der Waals surface area (Å²) in [5.41, 5.74) is 4.14. The van der Waals surface area contributed by atoms with Crippen molar-refractivity contribution in [1.29, 1.82) is 0 Å². The van der Waals surface area contributed by atoms with Gasteiger partial charge in [-0.2, -0.15) is 0 Å². The molecule has 1 fully saturated rings. The third-order valence-electron chi connectivity index (χ3n) is 5.16. The van der Waals surface area contributed by atoms with E-state index in [1.807, 2.05) is 0 Å². The average Bonchev–Trinajstić information content (AvgIpc) is 2.46. The second-order valence-electron chi connectivity index (χ2n) is 7.21. The third kappa shape index (κ3) is 3.19. The molecule has 1 saturated heterocycles. The van der Waals surface area contributed by atoms with E-state index in [1.54, 1.807) is 0 Å². The van der Waals surface area contributed by atoms with Crippen LogP contribution in [0.15, 0.2) is 18.2 Å². The van der Waals surface area contributed by atoms with E-state index in [4.69, 9.17) is 0 Å². The first-order valence-corrected chi connectivity index (χ1v) is 8.65. The van der Waals surface area contributed by atoms with Crippen molar-refractivity contribution in [3.05, 3.63) is 34.9 Å². The van der Waals surface area contributed by atoms with Gasteiger partial charge < -0.3 is 9.80 Å². The molecule has 0 bridgehead atoms. The number of amides is 1. The molecule has 2 aliphatic rings. The van der Waals surface area contributed by atoms with Crippen LogP contribution in [0.4, 0.5) is 0 Å². The lowest BCUT2D eigenvalue weighted by molar-refractivity contribution is -0.137. The van der Waals surface area contributed by atoms with Crippen LogP contribution < -0.4 is 0 Å². The maximum Gasteiger partial charge on any atom is 0.227 e. The molecule has 22 heavy (non-hydrogen) atoms. The van der Waals surface area contributed by atoms with Gasteiger partial charge in [0.05, 0.1) is 6.42 Å². The summed E-state index contributed by atoms with van der Waals surface area (Å²) in [4.78, 5) is 17.2. The molecule has 0 spiro atoms. The Balaban J connectivity index is 1.71. The standard InChI is InChI=1S/C19H28N2O/c1-14-12-20(3)13-15(2)21(14)19(22)11-16-8-9-17-6-4-5-7-18(17)10-16/h8-10,14-15H,4-7,11-13H2,1-3H3. The second kappa shape index (κ2) is 6.41. The van der Waals surface area contributed by atoms with Crippen LogP contribution in [-0.2, 0) is 24.1 Å². The van der Waals surface area contributed by atoms with E-state index in [1.165, 1.54) is 42.4 Å². The van der Waals surface area contributed by atoms with Crippen LogP contribution in [-0.4, -0.2) is 47.9 Å². The summed E-state index contributed by atoms with van der Waals surface area (Å²) in [6, 6.07) is 7.29. The highest BCUT2D eigenvalue weighted by molar-refractivity contribution is 5.79. The summed E-state index contributed by atoms with van der Waals surface area (Å²) in [5.74, 6) is 0.281. The Bertz CT molecular complexity index is 542. The Morgan fingerprint density at radius 2 is 1.73 bits per heavy atom. The number of nitrogens with zero attached hydrogens (tertiary/aromatic N) is 2. The number of benzene rings is 1. The number of hydrogen-bond acceptors (Lipinski definition) is 2. The lowest BCUT2D eigenvalue weighted by Crippen LogP contribution is -2.57. The molecule has 1 amide bonds. The van der Waals surface area contributed by atoms with E-state index >= 15 is 0 Å². The summed E-state index contributed by atoms with van der Waals surface area (Å²) in [6.45, 7) is 6.27. The molecular weight excluding hydrogens is 272 g/mol. The Hall–Kier alpha value is -1.35. The van der Waals surface area contributed by atoms with Gasteiger partial charge in [0.1, 0.15) is 0 Å². The maximum atomic E-state index is 12.8. The molecule has 2 atom stereocenters. The number of fused-ring (bicyclic) bond motifs is 1. The number of carbonyl (C=O) groups is 1. The van der Waals surface area contributed by atoms with Crippen LogP contribution in [0, 0.1) is 0 Å². The zero-order chi connectivity index (χ0) is 15.7. The highest BCUT2D eigenvalue weighted by atomic mass is 16.2. The topological polar surface area (TPSA) is 23.6 Å². The van der Waals surface area contributed by atoms with Gasteiger partial charge in [0.15, 0.2) is 0 Å². The minimum absolute atomic E-state index is 0.281. The number of rotatable bonds is 2. The summed E-state index contributed by atoms with van der Waals surface area (Å²) in [5, 5.41) is 0. The lowest BCUT2D eigenvalue weighted by atomic mass is 9.90. The molecule has 1 heterocycles. The van der Waals surface area contributed by atoms with Gasteiger partial charge in [0.25, 0.3) is 0 Å². The molecule has 0 aromatic heterocycles. The van der Waals surface area contributed by atoms with Crippen molar-refractivity contribution in [3.8, 4) is 0 Å². The van der Waals surface area contributed by atoms with E-state index in [2.05, 4.69) is 48.9 Å².